The molecular formula is C14H12N4O. The zero-order valence-electron chi connectivity index (χ0n) is 10.4. The molecule has 1 N–H and O–H groups in total. The number of allylic oxidation sites excluding steroid dienone is 1. The van der Waals surface area contributed by atoms with Crippen molar-refractivity contribution in [3.63, 3.8) is 0 Å². The van der Waals surface area contributed by atoms with Crippen LogP contribution in [0.25, 0.3) is 11.0 Å². The van der Waals surface area contributed by atoms with Crippen molar-refractivity contribution >= 4 is 22.9 Å². The molecule has 1 aromatic carbocycles. The second-order valence-electron chi connectivity index (χ2n) is 4.26. The van der Waals surface area contributed by atoms with Gasteiger partial charge in [0.15, 0.2) is 5.82 Å². The van der Waals surface area contributed by atoms with Gasteiger partial charge in [0.25, 0.3) is 0 Å². The van der Waals surface area contributed by atoms with Gasteiger partial charge in [-0.05, 0) is 25.1 Å². The minimum Gasteiger partial charge on any atom is -0.308 e. The second kappa shape index (κ2) is 4.20. The maximum atomic E-state index is 11.9. The number of amides is 2. The average Bonchev–Trinajstić information content (AvgIpc) is 2.38. The molecule has 0 saturated heterocycles. The number of hydrogen-bond acceptors (Lipinski definition) is 3. The van der Waals surface area contributed by atoms with Gasteiger partial charge in [-0.3, -0.25) is 4.90 Å². The third-order valence-corrected chi connectivity index (χ3v) is 2.86. The molecule has 5 heteroatoms. The summed E-state index contributed by atoms with van der Waals surface area (Å²) in [6.07, 6.45) is 3.37. The van der Waals surface area contributed by atoms with Crippen molar-refractivity contribution in [2.45, 2.75) is 6.92 Å². The Morgan fingerprint density at radius 1 is 1.21 bits per heavy atom. The molecule has 2 aromatic rings. The van der Waals surface area contributed by atoms with Crippen LogP contribution in [0.2, 0.25) is 0 Å². The highest BCUT2D eigenvalue weighted by atomic mass is 16.2. The number of nitrogens with one attached hydrogen (secondary N) is 1. The average molecular weight is 252 g/mol. The number of aromatic nitrogens is 2. The van der Waals surface area contributed by atoms with Crippen LogP contribution in [0.5, 0.6) is 0 Å². The highest BCUT2D eigenvalue weighted by molar-refractivity contribution is 5.96. The molecule has 0 unspecified atom stereocenters. The Labute approximate surface area is 110 Å². The van der Waals surface area contributed by atoms with Crippen molar-refractivity contribution in [2.24, 2.45) is 0 Å². The lowest BCUT2D eigenvalue weighted by Crippen LogP contribution is -2.39. The number of fused-ring (bicyclic) bond motifs is 1. The number of para-hydroxylation sites is 2. The van der Waals surface area contributed by atoms with Crippen LogP contribution < -0.4 is 10.2 Å². The summed E-state index contributed by atoms with van der Waals surface area (Å²) in [6.45, 7) is 5.52. The lowest BCUT2D eigenvalue weighted by molar-refractivity contribution is 0.250. The van der Waals surface area contributed by atoms with Gasteiger partial charge in [-0.1, -0.05) is 18.7 Å². The van der Waals surface area contributed by atoms with E-state index in [4.69, 9.17) is 0 Å². The number of carbonyl (C=O) groups excluding carboxylic acids is 1. The number of nitrogens with zero attached hydrogens (tertiary/aromatic N) is 3. The SMILES string of the molecule is C=C1C=CN(c2nc3ccccc3nc2C)C(=O)N1. The Balaban J connectivity index is 2.14. The Morgan fingerprint density at radius 3 is 2.58 bits per heavy atom. The van der Waals surface area contributed by atoms with E-state index < -0.39 is 0 Å². The Hall–Kier alpha value is -2.69. The van der Waals surface area contributed by atoms with E-state index in [9.17, 15) is 4.79 Å². The van der Waals surface area contributed by atoms with Gasteiger partial charge in [0.1, 0.15) is 0 Å². The zero-order chi connectivity index (χ0) is 13.4. The molecule has 19 heavy (non-hydrogen) atoms. The third kappa shape index (κ3) is 1.95. The van der Waals surface area contributed by atoms with Gasteiger partial charge in [0, 0.05) is 11.9 Å². The highest BCUT2D eigenvalue weighted by Crippen LogP contribution is 2.21. The van der Waals surface area contributed by atoms with Crippen LogP contribution >= 0.6 is 0 Å². The van der Waals surface area contributed by atoms with Crippen LogP contribution in [-0.4, -0.2) is 16.0 Å². The molecule has 2 heterocycles. The summed E-state index contributed by atoms with van der Waals surface area (Å²) >= 11 is 0. The van der Waals surface area contributed by atoms with Crippen molar-refractivity contribution in [1.29, 1.82) is 0 Å². The van der Waals surface area contributed by atoms with Crippen molar-refractivity contribution in [3.8, 4) is 0 Å². The maximum Gasteiger partial charge on any atom is 0.331 e. The maximum absolute atomic E-state index is 11.9. The number of rotatable bonds is 1. The molecule has 1 aromatic heterocycles. The molecule has 5 nitrogen and oxygen atoms in total. The highest BCUT2D eigenvalue weighted by Gasteiger charge is 2.21. The first-order valence-electron chi connectivity index (χ1n) is 5.86. The fourth-order valence-electron chi connectivity index (χ4n) is 1.95. The van der Waals surface area contributed by atoms with Gasteiger partial charge in [0.2, 0.25) is 0 Å². The molecule has 0 fully saturated rings. The summed E-state index contributed by atoms with van der Waals surface area (Å²) in [4.78, 5) is 22.3. The van der Waals surface area contributed by atoms with Crippen molar-refractivity contribution in [1.82, 2.24) is 15.3 Å². The summed E-state index contributed by atoms with van der Waals surface area (Å²) < 4.78 is 0. The normalized spacial score (nSPS) is 14.9. The molecule has 0 bridgehead atoms. The van der Waals surface area contributed by atoms with Gasteiger partial charge in [-0.2, -0.15) is 0 Å². The molecule has 0 radical (unpaired) electrons. The number of hydrogen-bond donors (Lipinski definition) is 1. The molecule has 94 valence electrons. The number of aryl methyl sites for hydroxylation is 1. The molecule has 0 atom stereocenters. The minimum atomic E-state index is -0.278. The molecule has 0 spiro atoms. The number of benzene rings is 1. The van der Waals surface area contributed by atoms with E-state index in [0.29, 0.717) is 17.2 Å². The fraction of sp³-hybridized carbons (Fsp3) is 0.0714. The van der Waals surface area contributed by atoms with E-state index in [2.05, 4.69) is 21.9 Å². The van der Waals surface area contributed by atoms with Crippen LogP contribution in [0.4, 0.5) is 10.6 Å². The summed E-state index contributed by atoms with van der Waals surface area (Å²) in [5, 5.41) is 2.64. The molecule has 3 rings (SSSR count). The Kier molecular flexibility index (Phi) is 2.52. The monoisotopic (exact) mass is 252 g/mol. The van der Waals surface area contributed by atoms with Gasteiger partial charge < -0.3 is 5.32 Å². The van der Waals surface area contributed by atoms with E-state index in [1.165, 1.54) is 4.90 Å². The van der Waals surface area contributed by atoms with E-state index >= 15 is 0 Å². The van der Waals surface area contributed by atoms with Crippen LogP contribution in [0, 0.1) is 6.92 Å². The Morgan fingerprint density at radius 2 is 1.89 bits per heavy atom. The van der Waals surface area contributed by atoms with Gasteiger partial charge in [-0.15, -0.1) is 0 Å². The quantitative estimate of drug-likeness (QED) is 0.848. The van der Waals surface area contributed by atoms with E-state index in [1.54, 1.807) is 12.3 Å². The summed E-state index contributed by atoms with van der Waals surface area (Å²) in [5.74, 6) is 0.528. The van der Waals surface area contributed by atoms with Crippen LogP contribution in [-0.2, 0) is 0 Å². The standard InChI is InChI=1S/C14H12N4O/c1-9-7-8-18(14(19)15-9)13-10(2)16-11-5-3-4-6-12(11)17-13/h3-8H,1H2,2H3,(H,15,19). The summed E-state index contributed by atoms with van der Waals surface area (Å²) in [6, 6.07) is 7.29. The molecule has 0 aliphatic carbocycles. The third-order valence-electron chi connectivity index (χ3n) is 2.86. The van der Waals surface area contributed by atoms with Crippen molar-refractivity contribution < 1.29 is 4.79 Å². The van der Waals surface area contributed by atoms with Crippen molar-refractivity contribution in [2.75, 3.05) is 4.90 Å². The van der Waals surface area contributed by atoms with Crippen LogP contribution in [0.15, 0.2) is 48.8 Å². The molecule has 1 aliphatic heterocycles. The van der Waals surface area contributed by atoms with Crippen molar-refractivity contribution in [3.05, 3.63) is 54.5 Å². The lowest BCUT2D eigenvalue weighted by Gasteiger charge is -2.23. The van der Waals surface area contributed by atoms with Gasteiger partial charge in [-0.25, -0.2) is 14.8 Å². The first kappa shape index (κ1) is 11.4. The first-order chi connectivity index (χ1) is 9.15. The second-order valence-corrected chi connectivity index (χ2v) is 4.26. The van der Waals surface area contributed by atoms with E-state index in [-0.39, 0.29) is 6.03 Å². The molecular weight excluding hydrogens is 240 g/mol. The lowest BCUT2D eigenvalue weighted by atomic mass is 10.2. The zero-order valence-corrected chi connectivity index (χ0v) is 10.4. The van der Waals surface area contributed by atoms with Crippen LogP contribution in [0.3, 0.4) is 0 Å². The molecule has 2 amide bonds. The molecule has 1 aliphatic rings. The largest absolute Gasteiger partial charge is 0.331 e. The smallest absolute Gasteiger partial charge is 0.308 e. The van der Waals surface area contributed by atoms with E-state index in [0.717, 1.165) is 11.0 Å². The predicted octanol–water partition coefficient (Wildman–Crippen LogP) is 2.50. The van der Waals surface area contributed by atoms with Gasteiger partial charge in [0.05, 0.1) is 16.7 Å². The fourth-order valence-corrected chi connectivity index (χ4v) is 1.95. The van der Waals surface area contributed by atoms with E-state index in [1.807, 2.05) is 31.2 Å². The summed E-state index contributed by atoms with van der Waals surface area (Å²) in [7, 11) is 0. The predicted molar refractivity (Wildman–Crippen MR) is 73.6 cm³/mol. The molecule has 0 saturated carbocycles. The topological polar surface area (TPSA) is 58.1 Å². The minimum absolute atomic E-state index is 0.278. The Bertz CT molecular complexity index is 720. The van der Waals surface area contributed by atoms with Gasteiger partial charge >= 0.3 is 6.03 Å². The van der Waals surface area contributed by atoms with Crippen LogP contribution in [0.1, 0.15) is 5.69 Å². The number of carbonyl (C=O) groups is 1. The number of anilines is 1. The first-order valence-corrected chi connectivity index (χ1v) is 5.86. The number of urea groups is 1. The summed E-state index contributed by atoms with van der Waals surface area (Å²) in [5.41, 5.74) is 2.84.